The van der Waals surface area contributed by atoms with Gasteiger partial charge in [0, 0.05) is 37.6 Å². The lowest BCUT2D eigenvalue weighted by Gasteiger charge is -2.14. The third-order valence-corrected chi connectivity index (χ3v) is 4.89. The Balaban J connectivity index is 1.66. The van der Waals surface area contributed by atoms with Gasteiger partial charge in [0.1, 0.15) is 23.0 Å². The van der Waals surface area contributed by atoms with Gasteiger partial charge in [-0.3, -0.25) is 4.79 Å². The van der Waals surface area contributed by atoms with E-state index in [2.05, 4.69) is 20.4 Å². The Bertz CT molecular complexity index is 1220. The SMILES string of the molecule is CN(C)c1ccc(-c2ccccc2-n2ncc(C(=O)Nc3ccc(Cl)cn3)c2N)cn1. The molecule has 0 radical (unpaired) electrons. The number of nitrogens with zero attached hydrogens (tertiary/aromatic N) is 5. The second kappa shape index (κ2) is 8.45. The average molecular weight is 434 g/mol. The van der Waals surface area contributed by atoms with Crippen molar-refractivity contribution in [2.45, 2.75) is 0 Å². The van der Waals surface area contributed by atoms with Gasteiger partial charge in [-0.2, -0.15) is 5.10 Å². The van der Waals surface area contributed by atoms with Crippen molar-refractivity contribution in [3.63, 3.8) is 0 Å². The maximum Gasteiger partial charge on any atom is 0.262 e. The smallest absolute Gasteiger partial charge is 0.262 e. The summed E-state index contributed by atoms with van der Waals surface area (Å²) >= 11 is 5.84. The summed E-state index contributed by atoms with van der Waals surface area (Å²) in [7, 11) is 3.87. The minimum atomic E-state index is -0.409. The highest BCUT2D eigenvalue weighted by atomic mass is 35.5. The molecule has 3 heterocycles. The maximum absolute atomic E-state index is 12.7. The minimum absolute atomic E-state index is 0.219. The summed E-state index contributed by atoms with van der Waals surface area (Å²) in [5.41, 5.74) is 9.08. The fourth-order valence-corrected chi connectivity index (χ4v) is 3.18. The standard InChI is InChI=1S/C22H20ClN7O/c1-29(2)20-10-7-14(11-26-20)16-5-3-4-6-18(16)30-21(24)17(13-27-30)22(31)28-19-9-8-15(23)12-25-19/h3-13H,24H2,1-2H3,(H,25,28,31). The van der Waals surface area contributed by atoms with E-state index in [1.54, 1.807) is 23.0 Å². The zero-order chi connectivity index (χ0) is 22.0. The Kier molecular flexibility index (Phi) is 5.55. The van der Waals surface area contributed by atoms with Gasteiger partial charge in [0.15, 0.2) is 0 Å². The topological polar surface area (TPSA) is 102 Å². The van der Waals surface area contributed by atoms with Crippen molar-refractivity contribution in [2.24, 2.45) is 0 Å². The van der Waals surface area contributed by atoms with Gasteiger partial charge in [0.2, 0.25) is 0 Å². The molecule has 0 atom stereocenters. The number of hydrogen-bond acceptors (Lipinski definition) is 6. The molecular weight excluding hydrogens is 414 g/mol. The van der Waals surface area contributed by atoms with E-state index in [1.165, 1.54) is 12.4 Å². The van der Waals surface area contributed by atoms with E-state index < -0.39 is 5.91 Å². The molecule has 0 aliphatic heterocycles. The number of halogens is 1. The van der Waals surface area contributed by atoms with Crippen LogP contribution < -0.4 is 16.0 Å². The van der Waals surface area contributed by atoms with E-state index >= 15 is 0 Å². The minimum Gasteiger partial charge on any atom is -0.383 e. The number of carbonyl (C=O) groups excluding carboxylic acids is 1. The first-order valence-electron chi connectivity index (χ1n) is 9.43. The van der Waals surface area contributed by atoms with Crippen molar-refractivity contribution in [1.29, 1.82) is 0 Å². The second-order valence-corrected chi connectivity index (χ2v) is 7.42. The van der Waals surface area contributed by atoms with E-state index in [0.29, 0.717) is 10.8 Å². The van der Waals surface area contributed by atoms with Crippen LogP contribution >= 0.6 is 11.6 Å². The van der Waals surface area contributed by atoms with Crippen molar-refractivity contribution in [3.05, 3.63) is 77.7 Å². The molecule has 31 heavy (non-hydrogen) atoms. The van der Waals surface area contributed by atoms with E-state index in [-0.39, 0.29) is 11.4 Å². The van der Waals surface area contributed by atoms with Crippen LogP contribution in [-0.2, 0) is 0 Å². The summed E-state index contributed by atoms with van der Waals surface area (Å²) < 4.78 is 1.54. The number of pyridine rings is 2. The molecule has 9 heteroatoms. The number of nitrogen functional groups attached to an aromatic ring is 1. The van der Waals surface area contributed by atoms with Crippen LogP contribution in [0, 0.1) is 0 Å². The van der Waals surface area contributed by atoms with Gasteiger partial charge in [-0.1, -0.05) is 29.8 Å². The number of hydrogen-bond donors (Lipinski definition) is 2. The summed E-state index contributed by atoms with van der Waals surface area (Å²) in [5, 5.41) is 7.53. The molecule has 0 bridgehead atoms. The number of amides is 1. The Labute approximate surface area is 184 Å². The van der Waals surface area contributed by atoms with Crippen molar-refractivity contribution in [3.8, 4) is 16.8 Å². The fraction of sp³-hybridized carbons (Fsp3) is 0.0909. The predicted molar refractivity (Wildman–Crippen MR) is 123 cm³/mol. The van der Waals surface area contributed by atoms with Gasteiger partial charge in [0.05, 0.1) is 16.9 Å². The Morgan fingerprint density at radius 2 is 1.84 bits per heavy atom. The summed E-state index contributed by atoms with van der Waals surface area (Å²) in [6.45, 7) is 0. The van der Waals surface area contributed by atoms with Crippen LogP contribution in [0.4, 0.5) is 17.5 Å². The van der Waals surface area contributed by atoms with Crippen molar-refractivity contribution in [1.82, 2.24) is 19.7 Å². The Morgan fingerprint density at radius 3 is 2.52 bits per heavy atom. The molecule has 0 unspecified atom stereocenters. The lowest BCUT2D eigenvalue weighted by atomic mass is 10.1. The number of benzene rings is 1. The predicted octanol–water partition coefficient (Wildman–Crippen LogP) is 3.88. The van der Waals surface area contributed by atoms with Crippen LogP contribution in [0.25, 0.3) is 16.8 Å². The number of aromatic nitrogens is 4. The van der Waals surface area contributed by atoms with Gasteiger partial charge < -0.3 is 16.0 Å². The molecule has 0 aliphatic rings. The van der Waals surface area contributed by atoms with E-state index in [9.17, 15) is 4.79 Å². The molecule has 1 aromatic carbocycles. The molecule has 0 fully saturated rings. The van der Waals surface area contributed by atoms with Crippen molar-refractivity contribution < 1.29 is 4.79 Å². The number of rotatable bonds is 5. The van der Waals surface area contributed by atoms with Crippen LogP contribution in [0.1, 0.15) is 10.4 Å². The lowest BCUT2D eigenvalue weighted by Crippen LogP contribution is -2.15. The van der Waals surface area contributed by atoms with E-state index in [4.69, 9.17) is 17.3 Å². The van der Waals surface area contributed by atoms with Crippen LogP contribution in [0.3, 0.4) is 0 Å². The number of nitrogens with one attached hydrogen (secondary N) is 1. The maximum atomic E-state index is 12.7. The Hall–Kier alpha value is -3.91. The molecule has 3 aromatic heterocycles. The first-order valence-corrected chi connectivity index (χ1v) is 9.81. The number of para-hydroxylation sites is 1. The van der Waals surface area contributed by atoms with Gasteiger partial charge >= 0.3 is 0 Å². The first kappa shape index (κ1) is 20.4. The molecule has 8 nitrogen and oxygen atoms in total. The first-order chi connectivity index (χ1) is 14.9. The number of anilines is 3. The third kappa shape index (κ3) is 4.19. The highest BCUT2D eigenvalue weighted by Gasteiger charge is 2.18. The fourth-order valence-electron chi connectivity index (χ4n) is 3.07. The average Bonchev–Trinajstić information content (AvgIpc) is 3.16. The monoisotopic (exact) mass is 433 g/mol. The molecule has 0 aliphatic carbocycles. The molecule has 0 spiro atoms. The summed E-state index contributed by atoms with van der Waals surface area (Å²) in [6.07, 6.45) is 4.69. The molecule has 4 aromatic rings. The third-order valence-electron chi connectivity index (χ3n) is 4.67. The molecule has 156 valence electrons. The number of carbonyl (C=O) groups is 1. The molecule has 0 saturated carbocycles. The second-order valence-electron chi connectivity index (χ2n) is 6.99. The zero-order valence-corrected chi connectivity index (χ0v) is 17.7. The molecule has 1 amide bonds. The van der Waals surface area contributed by atoms with Gasteiger partial charge in [-0.15, -0.1) is 0 Å². The van der Waals surface area contributed by atoms with Crippen molar-refractivity contribution in [2.75, 3.05) is 30.0 Å². The lowest BCUT2D eigenvalue weighted by molar-refractivity contribution is 0.102. The van der Waals surface area contributed by atoms with Crippen LogP contribution in [0.15, 0.2) is 67.1 Å². The normalized spacial score (nSPS) is 10.7. The highest BCUT2D eigenvalue weighted by Crippen LogP contribution is 2.29. The molecule has 0 saturated heterocycles. The summed E-state index contributed by atoms with van der Waals surface area (Å²) in [4.78, 5) is 23.2. The van der Waals surface area contributed by atoms with Crippen molar-refractivity contribution >= 4 is 35.0 Å². The quantitative estimate of drug-likeness (QED) is 0.495. The van der Waals surface area contributed by atoms with E-state index in [1.807, 2.05) is 55.4 Å². The molecule has 4 rings (SSSR count). The van der Waals surface area contributed by atoms with Gasteiger partial charge in [0.25, 0.3) is 5.91 Å². The van der Waals surface area contributed by atoms with Crippen LogP contribution in [-0.4, -0.2) is 39.8 Å². The van der Waals surface area contributed by atoms with Crippen LogP contribution in [0.5, 0.6) is 0 Å². The summed E-state index contributed by atoms with van der Waals surface area (Å²) in [6, 6.07) is 14.8. The largest absolute Gasteiger partial charge is 0.383 e. The Morgan fingerprint density at radius 1 is 1.03 bits per heavy atom. The summed E-state index contributed by atoms with van der Waals surface area (Å²) in [5.74, 6) is 1.04. The number of nitrogens with two attached hydrogens (primary N) is 1. The van der Waals surface area contributed by atoms with Gasteiger partial charge in [-0.05, 0) is 30.3 Å². The van der Waals surface area contributed by atoms with Crippen LogP contribution in [0.2, 0.25) is 5.02 Å². The molecule has 3 N–H and O–H groups in total. The van der Waals surface area contributed by atoms with E-state index in [0.717, 1.165) is 22.6 Å². The highest BCUT2D eigenvalue weighted by molar-refractivity contribution is 6.30. The zero-order valence-electron chi connectivity index (χ0n) is 17.0. The van der Waals surface area contributed by atoms with Gasteiger partial charge in [-0.25, -0.2) is 14.6 Å². The molecular formula is C22H20ClN7O.